The Bertz CT molecular complexity index is 562. The standard InChI is InChI=1S/C13H13ClFNO2S/c1-6(2)7-3-4-8(12(15)11(7)14)16-10(17)5-9(19)13(16)18/h3-4,6,9,19H,5H2,1-2H3. The van der Waals surface area contributed by atoms with Crippen molar-refractivity contribution in [3.8, 4) is 0 Å². The van der Waals surface area contributed by atoms with Gasteiger partial charge in [0.15, 0.2) is 5.82 Å². The summed E-state index contributed by atoms with van der Waals surface area (Å²) in [5, 5.41) is -0.758. The lowest BCUT2D eigenvalue weighted by Crippen LogP contribution is -2.31. The predicted molar refractivity (Wildman–Crippen MR) is 75.4 cm³/mol. The molecule has 102 valence electrons. The van der Waals surface area contributed by atoms with Crippen molar-refractivity contribution in [1.29, 1.82) is 0 Å². The summed E-state index contributed by atoms with van der Waals surface area (Å²) in [7, 11) is 0. The molecule has 1 atom stereocenters. The molecule has 0 radical (unpaired) electrons. The first kappa shape index (κ1) is 14.3. The van der Waals surface area contributed by atoms with Crippen LogP contribution in [0.15, 0.2) is 12.1 Å². The molecule has 19 heavy (non-hydrogen) atoms. The highest BCUT2D eigenvalue weighted by Gasteiger charge is 2.39. The molecular formula is C13H13ClFNO2S. The highest BCUT2D eigenvalue weighted by Crippen LogP contribution is 2.35. The lowest BCUT2D eigenvalue weighted by atomic mass is 10.0. The number of anilines is 1. The van der Waals surface area contributed by atoms with Crippen molar-refractivity contribution in [1.82, 2.24) is 0 Å². The van der Waals surface area contributed by atoms with Crippen molar-refractivity contribution in [2.45, 2.75) is 31.4 Å². The number of benzene rings is 1. The Hall–Kier alpha value is -1.07. The molecule has 0 aromatic heterocycles. The van der Waals surface area contributed by atoms with Crippen LogP contribution in [0.1, 0.15) is 31.7 Å². The fourth-order valence-electron chi connectivity index (χ4n) is 2.04. The van der Waals surface area contributed by atoms with E-state index in [4.69, 9.17) is 11.6 Å². The number of hydrogen-bond acceptors (Lipinski definition) is 3. The van der Waals surface area contributed by atoms with Crippen molar-refractivity contribution in [2.24, 2.45) is 0 Å². The Morgan fingerprint density at radius 1 is 1.42 bits per heavy atom. The number of halogens is 2. The van der Waals surface area contributed by atoms with E-state index in [1.807, 2.05) is 13.8 Å². The summed E-state index contributed by atoms with van der Waals surface area (Å²) < 4.78 is 14.2. The fraction of sp³-hybridized carbons (Fsp3) is 0.385. The highest BCUT2D eigenvalue weighted by molar-refractivity contribution is 7.82. The molecular weight excluding hydrogens is 289 g/mol. The summed E-state index contributed by atoms with van der Waals surface area (Å²) in [6.07, 6.45) is -0.0229. The van der Waals surface area contributed by atoms with Gasteiger partial charge in [0.1, 0.15) is 0 Å². The van der Waals surface area contributed by atoms with Crippen molar-refractivity contribution in [3.63, 3.8) is 0 Å². The number of imide groups is 1. The van der Waals surface area contributed by atoms with Gasteiger partial charge in [0, 0.05) is 6.42 Å². The van der Waals surface area contributed by atoms with Gasteiger partial charge in [0.05, 0.1) is 16.0 Å². The summed E-state index contributed by atoms with van der Waals surface area (Å²) >= 11 is 9.96. The van der Waals surface area contributed by atoms with Gasteiger partial charge < -0.3 is 0 Å². The second-order valence-electron chi connectivity index (χ2n) is 4.74. The van der Waals surface area contributed by atoms with Crippen molar-refractivity contribution < 1.29 is 14.0 Å². The molecule has 6 heteroatoms. The maximum Gasteiger partial charge on any atom is 0.247 e. The normalized spacial score (nSPS) is 19.7. The van der Waals surface area contributed by atoms with Gasteiger partial charge in [-0.1, -0.05) is 31.5 Å². The minimum Gasteiger partial charge on any atom is -0.274 e. The second-order valence-corrected chi connectivity index (χ2v) is 5.75. The van der Waals surface area contributed by atoms with Crippen LogP contribution >= 0.6 is 24.2 Å². The Labute approximate surface area is 121 Å². The summed E-state index contributed by atoms with van der Waals surface area (Å²) in [6, 6.07) is 3.05. The number of carbonyl (C=O) groups excluding carboxylic acids is 2. The van der Waals surface area contributed by atoms with Gasteiger partial charge in [0.25, 0.3) is 0 Å². The third-order valence-electron chi connectivity index (χ3n) is 3.08. The number of rotatable bonds is 2. The molecule has 1 aliphatic rings. The summed E-state index contributed by atoms with van der Waals surface area (Å²) in [6.45, 7) is 3.77. The Morgan fingerprint density at radius 3 is 2.53 bits per heavy atom. The minimum atomic E-state index is -0.739. The second kappa shape index (κ2) is 5.13. The van der Waals surface area contributed by atoms with Crippen molar-refractivity contribution in [3.05, 3.63) is 28.5 Å². The third-order valence-corrected chi connectivity index (χ3v) is 3.87. The number of nitrogens with zero attached hydrogens (tertiary/aromatic N) is 1. The molecule has 0 saturated carbocycles. The average molecular weight is 302 g/mol. The molecule has 1 aromatic rings. The van der Waals surface area contributed by atoms with Gasteiger partial charge in [-0.2, -0.15) is 12.6 Å². The van der Waals surface area contributed by atoms with Crippen molar-refractivity contribution >= 4 is 41.7 Å². The Morgan fingerprint density at radius 2 is 2.05 bits per heavy atom. The first-order chi connectivity index (χ1) is 8.84. The van der Waals surface area contributed by atoms with Crippen LogP contribution in [0.3, 0.4) is 0 Å². The zero-order chi connectivity index (χ0) is 14.3. The van der Waals surface area contributed by atoms with Gasteiger partial charge in [-0.25, -0.2) is 9.29 Å². The molecule has 2 amide bonds. The lowest BCUT2D eigenvalue weighted by Gasteiger charge is -2.18. The van der Waals surface area contributed by atoms with E-state index in [0.29, 0.717) is 5.56 Å². The molecule has 0 spiro atoms. The first-order valence-corrected chi connectivity index (χ1v) is 6.76. The van der Waals surface area contributed by atoms with E-state index < -0.39 is 22.9 Å². The number of hydrogen-bond donors (Lipinski definition) is 1. The fourth-order valence-corrected chi connectivity index (χ4v) is 2.69. The first-order valence-electron chi connectivity index (χ1n) is 5.87. The molecule has 1 heterocycles. The lowest BCUT2D eigenvalue weighted by molar-refractivity contribution is -0.121. The van der Waals surface area contributed by atoms with E-state index in [-0.39, 0.29) is 23.0 Å². The molecule has 0 aliphatic carbocycles. The summed E-state index contributed by atoms with van der Waals surface area (Å²) in [5.41, 5.74) is 0.547. The van der Waals surface area contributed by atoms with Crippen LogP contribution in [0.5, 0.6) is 0 Å². The zero-order valence-electron chi connectivity index (χ0n) is 10.5. The zero-order valence-corrected chi connectivity index (χ0v) is 12.1. The van der Waals surface area contributed by atoms with Crippen LogP contribution in [-0.4, -0.2) is 17.1 Å². The topological polar surface area (TPSA) is 37.4 Å². The van der Waals surface area contributed by atoms with E-state index in [1.54, 1.807) is 6.07 Å². The number of carbonyl (C=O) groups is 2. The molecule has 0 N–H and O–H groups in total. The van der Waals surface area contributed by atoms with Gasteiger partial charge in [-0.05, 0) is 17.5 Å². The average Bonchev–Trinajstić information content (AvgIpc) is 2.57. The van der Waals surface area contributed by atoms with Gasteiger partial charge in [0.2, 0.25) is 11.8 Å². The van der Waals surface area contributed by atoms with Crippen LogP contribution in [0.2, 0.25) is 5.02 Å². The van der Waals surface area contributed by atoms with Crippen LogP contribution in [0, 0.1) is 5.82 Å². The van der Waals surface area contributed by atoms with Gasteiger partial charge in [-0.3, -0.25) is 9.59 Å². The highest BCUT2D eigenvalue weighted by atomic mass is 35.5. The smallest absolute Gasteiger partial charge is 0.247 e. The third kappa shape index (κ3) is 2.37. The number of thiol groups is 1. The minimum absolute atomic E-state index is 0.0229. The SMILES string of the molecule is CC(C)c1ccc(N2C(=O)CC(S)C2=O)c(F)c1Cl. The molecule has 1 aliphatic heterocycles. The maximum absolute atomic E-state index is 14.2. The van der Waals surface area contributed by atoms with E-state index in [2.05, 4.69) is 12.6 Å². The number of amides is 2. The van der Waals surface area contributed by atoms with E-state index >= 15 is 0 Å². The quantitative estimate of drug-likeness (QED) is 0.673. The summed E-state index contributed by atoms with van der Waals surface area (Å²) in [4.78, 5) is 24.4. The Balaban J connectivity index is 2.50. The largest absolute Gasteiger partial charge is 0.274 e. The molecule has 3 nitrogen and oxygen atoms in total. The van der Waals surface area contributed by atoms with E-state index in [1.165, 1.54) is 6.07 Å². The Kier molecular flexibility index (Phi) is 3.87. The molecule has 1 fully saturated rings. The monoisotopic (exact) mass is 301 g/mol. The van der Waals surface area contributed by atoms with Crippen LogP contribution < -0.4 is 4.90 Å². The van der Waals surface area contributed by atoms with Crippen molar-refractivity contribution in [2.75, 3.05) is 4.90 Å². The maximum atomic E-state index is 14.2. The van der Waals surface area contributed by atoms with Crippen LogP contribution in [-0.2, 0) is 9.59 Å². The van der Waals surface area contributed by atoms with E-state index in [0.717, 1.165) is 4.90 Å². The van der Waals surface area contributed by atoms with Gasteiger partial charge >= 0.3 is 0 Å². The van der Waals surface area contributed by atoms with Gasteiger partial charge in [-0.15, -0.1) is 0 Å². The molecule has 1 saturated heterocycles. The predicted octanol–water partition coefficient (Wildman–Crippen LogP) is 3.16. The summed E-state index contributed by atoms with van der Waals surface area (Å²) in [5.74, 6) is -1.66. The molecule has 1 unspecified atom stereocenters. The van der Waals surface area contributed by atoms with E-state index in [9.17, 15) is 14.0 Å². The molecule has 1 aromatic carbocycles. The molecule has 2 rings (SSSR count). The molecule has 0 bridgehead atoms. The van der Waals surface area contributed by atoms with Crippen LogP contribution in [0.25, 0.3) is 0 Å². The van der Waals surface area contributed by atoms with Crippen LogP contribution in [0.4, 0.5) is 10.1 Å².